The van der Waals surface area contributed by atoms with E-state index in [-0.39, 0.29) is 71.7 Å². The second-order valence-electron chi connectivity index (χ2n) is 21.3. The van der Waals surface area contributed by atoms with Gasteiger partial charge in [0, 0.05) is 64.7 Å². The van der Waals surface area contributed by atoms with Crippen LogP contribution in [-0.4, -0.2) is 208 Å². The number of fused-ring (bicyclic) bond motifs is 2. The molecule has 2 aromatic carbocycles. The van der Waals surface area contributed by atoms with Crippen LogP contribution >= 0.6 is 0 Å². The zero-order valence-electron chi connectivity index (χ0n) is 44.2. The molecule has 5 fully saturated rings. The van der Waals surface area contributed by atoms with Gasteiger partial charge in [0.2, 0.25) is 6.29 Å². The maximum absolute atomic E-state index is 14.8. The van der Waals surface area contributed by atoms with Crippen LogP contribution in [0.4, 0.5) is 0 Å². The number of phenolic OH excluding ortho intramolecular Hbond substituents is 2. The number of ether oxygens (including phenoxy) is 13. The number of aromatic hydroxyl groups is 2. The molecule has 8 N–H and O–H groups in total. The van der Waals surface area contributed by atoms with Crippen molar-refractivity contribution in [1.29, 1.82) is 0 Å². The SMILES string of the molecule is CO[C@@H]1[C@H](O)C[C@@H](O[C@@H]2C[C@H](Oc3cc4cc5c(c(O)c4c(O)c3C)C(=O)[C@@H](O[C@H]3C[C@@H](O[C@H]4C[C@@H](O[C@H]6C[C@](C)(O)[C@@H](O)[C@H](C)O6)[C@H](O)[C@@H](C)O4)[C@H](O)[C@@H](C)O3)[C@H]([C@H](OC)C(=O)O)C5)O[C@H](C)[C@@H]2OC(C)=O)O[C@@H]1C. The van der Waals surface area contributed by atoms with Gasteiger partial charge < -0.3 is 102 Å². The molecule has 0 amide bonds. The number of aliphatic hydroxyl groups is 5. The summed E-state index contributed by atoms with van der Waals surface area (Å²) in [7, 11) is 2.64. The van der Waals surface area contributed by atoms with Gasteiger partial charge in [-0.1, -0.05) is 0 Å². The van der Waals surface area contributed by atoms with E-state index in [1.165, 1.54) is 47.1 Å². The van der Waals surface area contributed by atoms with Crippen molar-refractivity contribution in [3.05, 3.63) is 28.8 Å². The molecule has 0 bridgehead atoms. The van der Waals surface area contributed by atoms with Gasteiger partial charge in [-0.05, 0) is 78.0 Å². The maximum atomic E-state index is 14.8. The summed E-state index contributed by atoms with van der Waals surface area (Å²) in [4.78, 5) is 39.8. The van der Waals surface area contributed by atoms with Crippen molar-refractivity contribution in [1.82, 2.24) is 0 Å². The molecule has 426 valence electrons. The van der Waals surface area contributed by atoms with E-state index in [9.17, 15) is 55.2 Å². The monoisotopic (exact) mass is 1080 g/mol. The zero-order chi connectivity index (χ0) is 55.4. The topological polar surface area (TPSA) is 333 Å². The van der Waals surface area contributed by atoms with E-state index < -0.39 is 170 Å². The molecule has 1 aliphatic carbocycles. The number of rotatable bonds is 15. The van der Waals surface area contributed by atoms with Crippen molar-refractivity contribution in [2.45, 2.75) is 229 Å². The molecule has 6 aliphatic rings. The van der Waals surface area contributed by atoms with E-state index >= 15 is 0 Å². The second kappa shape index (κ2) is 23.4. The number of carbonyl (C=O) groups is 3. The Hall–Kier alpha value is -3.93. The average Bonchev–Trinajstić information content (AvgIpc) is 3.33. The quantitative estimate of drug-likeness (QED) is 0.118. The molecule has 0 radical (unpaired) electrons. The summed E-state index contributed by atoms with van der Waals surface area (Å²) in [5.74, 6) is -4.97. The molecular weight excluding hydrogens is 1010 g/mol. The number of benzene rings is 2. The first-order valence-corrected chi connectivity index (χ1v) is 25.8. The minimum absolute atomic E-state index is 0.00394. The molecule has 2 aromatic rings. The molecule has 24 nitrogen and oxygen atoms in total. The van der Waals surface area contributed by atoms with Crippen molar-refractivity contribution in [3.63, 3.8) is 0 Å². The predicted molar refractivity (Wildman–Crippen MR) is 258 cm³/mol. The van der Waals surface area contributed by atoms with Crippen LogP contribution in [0, 0.1) is 12.8 Å². The van der Waals surface area contributed by atoms with Crippen LogP contribution in [0.25, 0.3) is 10.8 Å². The first-order chi connectivity index (χ1) is 35.8. The molecule has 23 atom stereocenters. The zero-order valence-corrected chi connectivity index (χ0v) is 44.2. The van der Waals surface area contributed by atoms with Crippen LogP contribution in [0.2, 0.25) is 0 Å². The second-order valence-corrected chi connectivity index (χ2v) is 21.3. The summed E-state index contributed by atoms with van der Waals surface area (Å²) < 4.78 is 77.9. The lowest BCUT2D eigenvalue weighted by atomic mass is 9.76. The fourth-order valence-electron chi connectivity index (χ4n) is 11.6. The molecule has 24 heteroatoms. The van der Waals surface area contributed by atoms with Crippen molar-refractivity contribution >= 4 is 28.5 Å². The molecule has 0 saturated carbocycles. The van der Waals surface area contributed by atoms with Gasteiger partial charge in [0.25, 0.3) is 0 Å². The lowest BCUT2D eigenvalue weighted by Crippen LogP contribution is -2.58. The van der Waals surface area contributed by atoms with Crippen LogP contribution in [0.5, 0.6) is 17.2 Å². The molecule has 5 heterocycles. The molecule has 76 heavy (non-hydrogen) atoms. The highest BCUT2D eigenvalue weighted by Gasteiger charge is 2.51. The number of carbonyl (C=O) groups excluding carboxylic acids is 2. The largest absolute Gasteiger partial charge is 0.507 e. The molecule has 0 unspecified atom stereocenters. The number of methoxy groups -OCH3 is 2. The summed E-state index contributed by atoms with van der Waals surface area (Å²) in [6.07, 6.45) is -21.7. The number of esters is 1. The van der Waals surface area contributed by atoms with E-state index in [2.05, 4.69) is 0 Å². The standard InChI is InChI=1S/C52H74O24/c1-19-30(72-36-17-33(47(23(5)69-36)71-25(7)53)75-34-14-29(54)46(64-9)22(4)68-34)13-27-11-26-12-28(49(65-10)51(61)62)48(45(59)40(26)44(58)39(27)41(19)55)76-37-16-31(42(56)21(3)67-37)73-35-15-32(43(57)20(2)66-35)74-38-18-52(8,63)50(60)24(6)70-38/h11,13,20-24,28-29,31-38,42-43,46-50,54-58,60,63H,12,14-18H2,1-10H3,(H,61,62)/t20-,21-,22-,23-,24+,28-,29-,31-,32-,33-,34-,35+,36+,37+,38+,42-,43-,46+,47+,48+,49+,50+,52+/m1/s1. The highest BCUT2D eigenvalue weighted by Crippen LogP contribution is 2.47. The number of hydrogen-bond acceptors (Lipinski definition) is 23. The van der Waals surface area contributed by atoms with Crippen LogP contribution in [0.15, 0.2) is 12.1 Å². The number of aliphatic hydroxyl groups excluding tert-OH is 4. The third kappa shape index (κ3) is 12.0. The van der Waals surface area contributed by atoms with E-state index in [1.807, 2.05) is 0 Å². The molecular formula is C52H74O24. The predicted octanol–water partition coefficient (Wildman–Crippen LogP) is 1.75. The third-order valence-electron chi connectivity index (χ3n) is 15.6. The normalized spacial score (nSPS) is 41.5. The average molecular weight is 1080 g/mol. The number of hydrogen-bond donors (Lipinski definition) is 8. The third-order valence-corrected chi connectivity index (χ3v) is 15.6. The molecule has 8 rings (SSSR count). The van der Waals surface area contributed by atoms with Crippen LogP contribution in [0.3, 0.4) is 0 Å². The fourth-order valence-corrected chi connectivity index (χ4v) is 11.6. The Kier molecular flexibility index (Phi) is 17.9. The van der Waals surface area contributed by atoms with Crippen LogP contribution in [-0.2, 0) is 72.9 Å². The summed E-state index contributed by atoms with van der Waals surface area (Å²) in [5, 5.41) is 88.6. The van der Waals surface area contributed by atoms with Crippen molar-refractivity contribution in [2.24, 2.45) is 5.92 Å². The minimum atomic E-state index is -1.62. The fraction of sp³-hybridized carbons (Fsp3) is 0.750. The summed E-state index contributed by atoms with van der Waals surface area (Å²) >= 11 is 0. The Balaban J connectivity index is 1.01. The van der Waals surface area contributed by atoms with E-state index in [4.69, 9.17) is 61.6 Å². The van der Waals surface area contributed by atoms with Gasteiger partial charge in [0.15, 0.2) is 43.2 Å². The Morgan fingerprint density at radius 3 is 1.83 bits per heavy atom. The Morgan fingerprint density at radius 1 is 0.711 bits per heavy atom. The number of ketones is 1. The van der Waals surface area contributed by atoms with Crippen LogP contribution in [0.1, 0.15) is 102 Å². The Labute approximate surface area is 439 Å². The van der Waals surface area contributed by atoms with E-state index in [1.54, 1.807) is 34.6 Å². The first kappa shape index (κ1) is 58.2. The highest BCUT2D eigenvalue weighted by atomic mass is 16.7. The molecule has 0 spiro atoms. The summed E-state index contributed by atoms with van der Waals surface area (Å²) in [6.45, 7) is 12.4. The Morgan fingerprint density at radius 2 is 1.25 bits per heavy atom. The van der Waals surface area contributed by atoms with Crippen molar-refractivity contribution < 1.29 is 117 Å². The van der Waals surface area contributed by atoms with Gasteiger partial charge in [-0.2, -0.15) is 0 Å². The van der Waals surface area contributed by atoms with Gasteiger partial charge >= 0.3 is 11.9 Å². The van der Waals surface area contributed by atoms with Gasteiger partial charge in [-0.25, -0.2) is 4.79 Å². The Bertz CT molecular complexity index is 2390. The molecule has 5 saturated heterocycles. The number of carboxylic acid groups (broad SMARTS) is 1. The molecule has 5 aliphatic heterocycles. The number of phenols is 2. The molecule has 0 aromatic heterocycles. The van der Waals surface area contributed by atoms with Gasteiger partial charge in [0.1, 0.15) is 53.9 Å². The van der Waals surface area contributed by atoms with E-state index in [0.29, 0.717) is 0 Å². The smallest absolute Gasteiger partial charge is 0.333 e. The first-order valence-electron chi connectivity index (χ1n) is 25.8. The lowest BCUT2D eigenvalue weighted by Gasteiger charge is -2.46. The number of aliphatic carboxylic acids is 1. The highest BCUT2D eigenvalue weighted by molar-refractivity contribution is 6.11. The number of Topliss-reactive ketones (excluding diaryl/α,β-unsaturated/α-hetero) is 1. The van der Waals surface area contributed by atoms with Gasteiger partial charge in [0.05, 0.1) is 65.4 Å². The summed E-state index contributed by atoms with van der Waals surface area (Å²) in [5.41, 5.74) is -1.40. The maximum Gasteiger partial charge on any atom is 0.333 e. The van der Waals surface area contributed by atoms with Crippen molar-refractivity contribution in [3.8, 4) is 17.2 Å². The van der Waals surface area contributed by atoms with Gasteiger partial charge in [-0.15, -0.1) is 0 Å². The van der Waals surface area contributed by atoms with Crippen molar-refractivity contribution in [2.75, 3.05) is 14.2 Å². The van der Waals surface area contributed by atoms with Crippen LogP contribution < -0.4 is 4.74 Å². The minimum Gasteiger partial charge on any atom is -0.507 e. The lowest BCUT2D eigenvalue weighted by molar-refractivity contribution is -0.334. The number of carboxylic acids is 1. The summed E-state index contributed by atoms with van der Waals surface area (Å²) in [6, 6.07) is 3.06. The van der Waals surface area contributed by atoms with E-state index in [0.717, 1.165) is 0 Å². The van der Waals surface area contributed by atoms with Gasteiger partial charge in [-0.3, -0.25) is 9.59 Å².